The molecule has 0 aliphatic rings. The molecule has 0 atom stereocenters. The van der Waals surface area contributed by atoms with E-state index in [-0.39, 0.29) is 11.7 Å². The number of carbonyl (C=O) groups excluding carboxylic acids is 1. The van der Waals surface area contributed by atoms with Gasteiger partial charge in [-0.25, -0.2) is 0 Å². The zero-order chi connectivity index (χ0) is 21.4. The topological polar surface area (TPSA) is 60.5 Å². The molecule has 0 radical (unpaired) electrons. The minimum absolute atomic E-state index is 0.0619. The molecule has 5 nitrogen and oxygen atoms in total. The van der Waals surface area contributed by atoms with Crippen molar-refractivity contribution in [3.8, 4) is 5.75 Å². The standard InChI is InChI=1S/C22H19F3N2O3/c23-22(24,25)15-30-20-10-8-18(9-11-20)27-21(28)17-6-7-19(26-12-17)14-29-13-16-4-2-1-3-5-16/h1-12H,13-15H2,(H,27,28). The fourth-order valence-electron chi connectivity index (χ4n) is 2.49. The van der Waals surface area contributed by atoms with Crippen LogP contribution in [0, 0.1) is 0 Å². The molecule has 0 saturated carbocycles. The largest absolute Gasteiger partial charge is 0.484 e. The molecule has 8 heteroatoms. The highest BCUT2D eigenvalue weighted by atomic mass is 19.4. The van der Waals surface area contributed by atoms with Gasteiger partial charge in [-0.15, -0.1) is 0 Å². The Morgan fingerprint density at radius 2 is 1.67 bits per heavy atom. The van der Waals surface area contributed by atoms with Crippen LogP contribution >= 0.6 is 0 Å². The van der Waals surface area contributed by atoms with E-state index < -0.39 is 12.8 Å². The summed E-state index contributed by atoms with van der Waals surface area (Å²) in [7, 11) is 0. The Hall–Kier alpha value is -3.39. The van der Waals surface area contributed by atoms with Gasteiger partial charge in [0.25, 0.3) is 5.91 Å². The fraction of sp³-hybridized carbons (Fsp3) is 0.182. The second-order valence-electron chi connectivity index (χ2n) is 6.40. The Morgan fingerprint density at radius 1 is 0.933 bits per heavy atom. The van der Waals surface area contributed by atoms with E-state index in [0.717, 1.165) is 5.56 Å². The number of aromatic nitrogens is 1. The predicted octanol–water partition coefficient (Wildman–Crippen LogP) is 4.99. The van der Waals surface area contributed by atoms with Crippen molar-refractivity contribution in [3.05, 3.63) is 89.7 Å². The molecular weight excluding hydrogens is 397 g/mol. The lowest BCUT2D eigenvalue weighted by atomic mass is 10.2. The van der Waals surface area contributed by atoms with Gasteiger partial charge in [0.15, 0.2) is 6.61 Å². The van der Waals surface area contributed by atoms with Crippen LogP contribution in [0.4, 0.5) is 18.9 Å². The van der Waals surface area contributed by atoms with E-state index >= 15 is 0 Å². The number of pyridine rings is 1. The molecule has 30 heavy (non-hydrogen) atoms. The third-order valence-corrected chi connectivity index (χ3v) is 3.96. The van der Waals surface area contributed by atoms with Gasteiger partial charge in [0.1, 0.15) is 5.75 Å². The zero-order valence-corrected chi connectivity index (χ0v) is 15.9. The predicted molar refractivity (Wildman–Crippen MR) is 105 cm³/mol. The smallest absolute Gasteiger partial charge is 0.422 e. The quantitative estimate of drug-likeness (QED) is 0.562. The van der Waals surface area contributed by atoms with Crippen LogP contribution in [0.1, 0.15) is 21.6 Å². The first-order valence-corrected chi connectivity index (χ1v) is 9.07. The number of ether oxygens (including phenoxy) is 2. The summed E-state index contributed by atoms with van der Waals surface area (Å²) in [5.74, 6) is -0.324. The molecular formula is C22H19F3N2O3. The Morgan fingerprint density at radius 3 is 2.30 bits per heavy atom. The Kier molecular flexibility index (Phi) is 7.03. The van der Waals surface area contributed by atoms with Crippen LogP contribution in [0.2, 0.25) is 0 Å². The van der Waals surface area contributed by atoms with Crippen LogP contribution in [-0.2, 0) is 18.0 Å². The maximum absolute atomic E-state index is 12.3. The van der Waals surface area contributed by atoms with Gasteiger partial charge in [-0.1, -0.05) is 30.3 Å². The number of amides is 1. The van der Waals surface area contributed by atoms with E-state index in [1.807, 2.05) is 30.3 Å². The van der Waals surface area contributed by atoms with Crippen LogP contribution in [0.25, 0.3) is 0 Å². The summed E-state index contributed by atoms with van der Waals surface area (Å²) in [6.45, 7) is -0.588. The summed E-state index contributed by atoms with van der Waals surface area (Å²) in [5.41, 5.74) is 2.52. The lowest BCUT2D eigenvalue weighted by Crippen LogP contribution is -2.19. The normalized spacial score (nSPS) is 11.2. The molecule has 0 spiro atoms. The van der Waals surface area contributed by atoms with E-state index in [2.05, 4.69) is 15.0 Å². The van der Waals surface area contributed by atoms with Crippen LogP contribution in [0.15, 0.2) is 72.9 Å². The number of benzene rings is 2. The van der Waals surface area contributed by atoms with Crippen molar-refractivity contribution in [2.45, 2.75) is 19.4 Å². The maximum Gasteiger partial charge on any atom is 0.422 e. The SMILES string of the molecule is O=C(Nc1ccc(OCC(F)(F)F)cc1)c1ccc(COCc2ccccc2)nc1. The second kappa shape index (κ2) is 9.89. The van der Waals surface area contributed by atoms with Gasteiger partial charge < -0.3 is 14.8 Å². The average molecular weight is 416 g/mol. The van der Waals surface area contributed by atoms with Crippen molar-refractivity contribution in [3.63, 3.8) is 0 Å². The highest BCUT2D eigenvalue weighted by molar-refractivity contribution is 6.04. The Bertz CT molecular complexity index is 944. The summed E-state index contributed by atoms with van der Waals surface area (Å²) in [6.07, 6.45) is -2.96. The molecule has 1 N–H and O–H groups in total. The van der Waals surface area contributed by atoms with Gasteiger partial charge in [0.05, 0.1) is 24.5 Å². The number of nitrogens with one attached hydrogen (secondary N) is 1. The maximum atomic E-state index is 12.3. The Labute approximate surface area is 171 Å². The first kappa shape index (κ1) is 21.3. The van der Waals surface area contributed by atoms with Crippen molar-refractivity contribution in [1.82, 2.24) is 4.98 Å². The number of anilines is 1. The van der Waals surface area contributed by atoms with Gasteiger partial charge >= 0.3 is 6.18 Å². The van der Waals surface area contributed by atoms with Crippen LogP contribution in [-0.4, -0.2) is 23.7 Å². The number of hydrogen-bond donors (Lipinski definition) is 1. The van der Waals surface area contributed by atoms with Crippen molar-refractivity contribution < 1.29 is 27.4 Å². The summed E-state index contributed by atoms with van der Waals surface area (Å²) >= 11 is 0. The first-order chi connectivity index (χ1) is 14.4. The van der Waals surface area contributed by atoms with Gasteiger partial charge in [0.2, 0.25) is 0 Å². The minimum atomic E-state index is -4.40. The van der Waals surface area contributed by atoms with E-state index in [1.165, 1.54) is 30.5 Å². The van der Waals surface area contributed by atoms with Crippen molar-refractivity contribution in [2.24, 2.45) is 0 Å². The highest BCUT2D eigenvalue weighted by Crippen LogP contribution is 2.20. The van der Waals surface area contributed by atoms with Crippen molar-refractivity contribution >= 4 is 11.6 Å². The van der Waals surface area contributed by atoms with Gasteiger partial charge in [-0.3, -0.25) is 9.78 Å². The number of halogens is 3. The monoisotopic (exact) mass is 416 g/mol. The third-order valence-electron chi connectivity index (χ3n) is 3.96. The van der Waals surface area contributed by atoms with Gasteiger partial charge in [-0.05, 0) is 42.0 Å². The molecule has 0 bridgehead atoms. The number of carbonyl (C=O) groups is 1. The molecule has 1 amide bonds. The van der Waals surface area contributed by atoms with Crippen molar-refractivity contribution in [2.75, 3.05) is 11.9 Å². The summed E-state index contributed by atoms with van der Waals surface area (Å²) < 4.78 is 46.7. The van der Waals surface area contributed by atoms with Crippen LogP contribution in [0.5, 0.6) is 5.75 Å². The van der Waals surface area contributed by atoms with Crippen LogP contribution in [0.3, 0.4) is 0 Å². The third kappa shape index (κ3) is 6.89. The van der Waals surface area contributed by atoms with E-state index in [9.17, 15) is 18.0 Å². The molecule has 0 aliphatic carbocycles. The summed E-state index contributed by atoms with van der Waals surface area (Å²) in [6, 6.07) is 18.7. The van der Waals surface area contributed by atoms with Gasteiger partial charge in [0, 0.05) is 11.9 Å². The zero-order valence-electron chi connectivity index (χ0n) is 15.9. The molecule has 3 aromatic rings. The van der Waals surface area contributed by atoms with Crippen LogP contribution < -0.4 is 10.1 Å². The molecule has 1 aromatic heterocycles. The van der Waals surface area contributed by atoms with E-state index in [0.29, 0.717) is 30.2 Å². The first-order valence-electron chi connectivity index (χ1n) is 9.07. The highest BCUT2D eigenvalue weighted by Gasteiger charge is 2.28. The fourth-order valence-corrected chi connectivity index (χ4v) is 2.49. The average Bonchev–Trinajstić information content (AvgIpc) is 2.74. The number of hydrogen-bond acceptors (Lipinski definition) is 4. The second-order valence-corrected chi connectivity index (χ2v) is 6.40. The molecule has 0 unspecified atom stereocenters. The van der Waals surface area contributed by atoms with Crippen molar-refractivity contribution in [1.29, 1.82) is 0 Å². The molecule has 0 aliphatic heterocycles. The van der Waals surface area contributed by atoms with E-state index in [1.54, 1.807) is 12.1 Å². The van der Waals surface area contributed by atoms with Gasteiger partial charge in [-0.2, -0.15) is 13.2 Å². The number of nitrogens with zero attached hydrogens (tertiary/aromatic N) is 1. The molecule has 0 fully saturated rings. The van der Waals surface area contributed by atoms with E-state index in [4.69, 9.17) is 4.74 Å². The minimum Gasteiger partial charge on any atom is -0.484 e. The number of rotatable bonds is 8. The lowest BCUT2D eigenvalue weighted by molar-refractivity contribution is -0.153. The molecule has 2 aromatic carbocycles. The molecule has 0 saturated heterocycles. The number of alkyl halides is 3. The Balaban J connectivity index is 1.48. The molecule has 156 valence electrons. The lowest BCUT2D eigenvalue weighted by Gasteiger charge is -2.10. The molecule has 1 heterocycles. The molecule has 3 rings (SSSR count). The summed E-state index contributed by atoms with van der Waals surface area (Å²) in [4.78, 5) is 16.5. The summed E-state index contributed by atoms with van der Waals surface area (Å²) in [5, 5.41) is 2.65.